The maximum atomic E-state index is 10.0. The van der Waals surface area contributed by atoms with Crippen LogP contribution in [0.3, 0.4) is 0 Å². The van der Waals surface area contributed by atoms with Gasteiger partial charge >= 0.3 is 0 Å². The minimum absolute atomic E-state index is 0. The second-order valence-corrected chi connectivity index (χ2v) is 5.95. The van der Waals surface area contributed by atoms with Crippen molar-refractivity contribution in [3.8, 4) is 11.3 Å². The van der Waals surface area contributed by atoms with Crippen LogP contribution >= 0.6 is 0 Å². The Hall–Kier alpha value is -2.42. The van der Waals surface area contributed by atoms with Gasteiger partial charge in [-0.25, -0.2) is 0 Å². The van der Waals surface area contributed by atoms with Gasteiger partial charge in [-0.3, -0.25) is 9.78 Å². The molecule has 1 radical (unpaired) electrons. The summed E-state index contributed by atoms with van der Waals surface area (Å²) in [5.74, 6) is -0.0625. The van der Waals surface area contributed by atoms with Gasteiger partial charge in [-0.15, -0.1) is 17.7 Å². The molecule has 3 rings (SSSR count). The van der Waals surface area contributed by atoms with Crippen LogP contribution in [0.4, 0.5) is 0 Å². The number of aryl methyl sites for hydroxylation is 1. The van der Waals surface area contributed by atoms with Crippen LogP contribution in [0.1, 0.15) is 25.0 Å². The molecule has 0 atom stereocenters. The Morgan fingerprint density at radius 3 is 2.31 bits per heavy atom. The number of hydrogen-bond donors (Lipinski definition) is 1. The van der Waals surface area contributed by atoms with E-state index in [1.165, 1.54) is 30.9 Å². The Kier molecular flexibility index (Phi) is 8.24. The Morgan fingerprint density at radius 2 is 1.73 bits per heavy atom. The smallest absolute Gasteiger partial charge is 0.155 e. The molecule has 0 saturated heterocycles. The van der Waals surface area contributed by atoms with E-state index < -0.39 is 0 Å². The van der Waals surface area contributed by atoms with E-state index in [2.05, 4.69) is 50.2 Å². The number of rotatable bonds is 2. The van der Waals surface area contributed by atoms with Gasteiger partial charge < -0.3 is 5.11 Å². The van der Waals surface area contributed by atoms with E-state index >= 15 is 0 Å². The summed E-state index contributed by atoms with van der Waals surface area (Å²) in [5, 5.41) is 9.54. The second kappa shape index (κ2) is 9.91. The molecule has 0 aliphatic rings. The average Bonchev–Trinajstić information content (AvgIpc) is 2.54. The van der Waals surface area contributed by atoms with Crippen molar-refractivity contribution < 1.29 is 30.0 Å². The largest absolute Gasteiger partial charge is 0.512 e. The zero-order valence-corrected chi connectivity index (χ0v) is 17.5. The molecule has 2 aromatic carbocycles. The first kappa shape index (κ1) is 21.6. The number of aliphatic hydroxyl groups excluding tert-OH is 1. The van der Waals surface area contributed by atoms with Gasteiger partial charge in [0.15, 0.2) is 5.78 Å². The maximum Gasteiger partial charge on any atom is 0.155 e. The van der Waals surface area contributed by atoms with Crippen molar-refractivity contribution >= 4 is 16.7 Å². The molecule has 4 heteroatoms. The molecular formula is C22H22IrNO2-. The number of carbonyl (C=O) groups excluding carboxylic acids is 1. The fourth-order valence-corrected chi connectivity index (χ4v) is 2.44. The van der Waals surface area contributed by atoms with E-state index in [-0.39, 0.29) is 31.6 Å². The predicted molar refractivity (Wildman–Crippen MR) is 103 cm³/mol. The number of ketones is 1. The Balaban J connectivity index is 0.000000366. The van der Waals surface area contributed by atoms with Gasteiger partial charge in [0.25, 0.3) is 0 Å². The summed E-state index contributed by atoms with van der Waals surface area (Å²) in [5.41, 5.74) is 5.36. The quantitative estimate of drug-likeness (QED) is 0.277. The first-order valence-electron chi connectivity index (χ1n) is 8.03. The molecule has 0 spiro atoms. The monoisotopic (exact) mass is 525 g/mol. The van der Waals surface area contributed by atoms with E-state index in [0.717, 1.165) is 22.3 Å². The molecule has 0 aliphatic heterocycles. The number of fused-ring (bicyclic) bond motifs is 1. The third-order valence-electron chi connectivity index (χ3n) is 3.55. The zero-order chi connectivity index (χ0) is 18.4. The fraction of sp³-hybridized carbons (Fsp3) is 0.136. The van der Waals surface area contributed by atoms with Gasteiger partial charge in [0.1, 0.15) is 0 Å². The SMILES string of the molecule is CC(=O)/C=C(/C)O.[CH2-]c1ccccc1-c1ccc2ccc(C)cc2n1.[Ir]. The summed E-state index contributed by atoms with van der Waals surface area (Å²) in [6, 6.07) is 18.6. The van der Waals surface area contributed by atoms with Crippen LogP contribution in [0.2, 0.25) is 0 Å². The van der Waals surface area contributed by atoms with E-state index in [1.54, 1.807) is 0 Å². The van der Waals surface area contributed by atoms with E-state index in [1.807, 2.05) is 18.2 Å². The summed E-state index contributed by atoms with van der Waals surface area (Å²) in [6.07, 6.45) is 1.17. The van der Waals surface area contributed by atoms with Crippen molar-refractivity contribution in [1.29, 1.82) is 0 Å². The van der Waals surface area contributed by atoms with Crippen LogP contribution in [0.5, 0.6) is 0 Å². The predicted octanol–water partition coefficient (Wildman–Crippen LogP) is 5.43. The van der Waals surface area contributed by atoms with Crippen molar-refractivity contribution in [3.05, 3.63) is 84.5 Å². The van der Waals surface area contributed by atoms with Crippen LogP contribution < -0.4 is 0 Å². The number of carbonyl (C=O) groups is 1. The average molecular weight is 525 g/mol. The standard InChI is InChI=1S/C17H14N.C5H8O2.Ir/c1-12-7-8-14-9-10-16(18-17(14)11-12)15-6-4-3-5-13(15)2;1-4(6)3-5(2)7;/h3-11H,2H2,1H3;3,6H,1-2H3;/q-1;;/b;4-3-;. The molecule has 26 heavy (non-hydrogen) atoms. The number of aromatic nitrogens is 1. The fourth-order valence-electron chi connectivity index (χ4n) is 2.44. The normalized spacial score (nSPS) is 10.5. The molecule has 0 bridgehead atoms. The maximum absolute atomic E-state index is 10.0. The summed E-state index contributed by atoms with van der Waals surface area (Å²) < 4.78 is 0. The molecule has 1 aromatic heterocycles. The van der Waals surface area contributed by atoms with Crippen LogP contribution in [0.15, 0.2) is 66.4 Å². The first-order chi connectivity index (χ1) is 11.9. The molecule has 1 heterocycles. The summed E-state index contributed by atoms with van der Waals surface area (Å²) in [4.78, 5) is 14.7. The molecular weight excluding hydrogens is 502 g/mol. The van der Waals surface area contributed by atoms with E-state index in [9.17, 15) is 4.79 Å². The van der Waals surface area contributed by atoms with Crippen molar-refractivity contribution in [3.63, 3.8) is 0 Å². The van der Waals surface area contributed by atoms with Crippen LogP contribution in [0, 0.1) is 13.8 Å². The first-order valence-corrected chi connectivity index (χ1v) is 8.03. The molecule has 137 valence electrons. The number of pyridine rings is 1. The van der Waals surface area contributed by atoms with Gasteiger partial charge in [-0.1, -0.05) is 24.3 Å². The summed E-state index contributed by atoms with van der Waals surface area (Å²) in [7, 11) is 0. The van der Waals surface area contributed by atoms with Crippen molar-refractivity contribution in [1.82, 2.24) is 4.98 Å². The van der Waals surface area contributed by atoms with Crippen LogP contribution in [-0.4, -0.2) is 15.9 Å². The minimum atomic E-state index is -0.125. The van der Waals surface area contributed by atoms with Gasteiger partial charge in [0.2, 0.25) is 0 Å². The Labute approximate surface area is 168 Å². The third kappa shape index (κ3) is 6.14. The number of nitrogens with zero attached hydrogens (tertiary/aromatic N) is 1. The summed E-state index contributed by atoms with van der Waals surface area (Å²) >= 11 is 0. The Bertz CT molecular complexity index is 928. The molecule has 0 fully saturated rings. The van der Waals surface area contributed by atoms with E-state index in [4.69, 9.17) is 10.1 Å². The summed E-state index contributed by atoms with van der Waals surface area (Å²) in [6.45, 7) is 8.99. The molecule has 1 N–H and O–H groups in total. The van der Waals surface area contributed by atoms with E-state index in [0.29, 0.717) is 0 Å². The molecule has 3 aromatic rings. The van der Waals surface area contributed by atoms with Gasteiger partial charge in [-0.05, 0) is 38.5 Å². The topological polar surface area (TPSA) is 50.2 Å². The van der Waals surface area contributed by atoms with Crippen molar-refractivity contribution in [2.45, 2.75) is 20.8 Å². The van der Waals surface area contributed by atoms with Gasteiger partial charge in [0.05, 0.1) is 11.3 Å². The second-order valence-electron chi connectivity index (χ2n) is 5.95. The number of benzene rings is 2. The number of hydrogen-bond acceptors (Lipinski definition) is 3. The number of aliphatic hydroxyl groups is 1. The van der Waals surface area contributed by atoms with Gasteiger partial charge in [-0.2, -0.15) is 18.6 Å². The molecule has 0 saturated carbocycles. The van der Waals surface area contributed by atoms with Crippen LogP contribution in [-0.2, 0) is 24.9 Å². The Morgan fingerprint density at radius 1 is 1.08 bits per heavy atom. The number of allylic oxidation sites excluding steroid dienone is 2. The zero-order valence-electron chi connectivity index (χ0n) is 15.1. The van der Waals surface area contributed by atoms with Crippen molar-refractivity contribution in [2.75, 3.05) is 0 Å². The third-order valence-corrected chi connectivity index (χ3v) is 3.55. The molecule has 0 amide bonds. The van der Waals surface area contributed by atoms with Gasteiger partial charge in [0, 0.05) is 37.3 Å². The van der Waals surface area contributed by atoms with Crippen LogP contribution in [0.25, 0.3) is 22.2 Å². The molecule has 3 nitrogen and oxygen atoms in total. The molecule has 0 unspecified atom stereocenters. The molecule has 0 aliphatic carbocycles. The minimum Gasteiger partial charge on any atom is -0.512 e. The van der Waals surface area contributed by atoms with Crippen molar-refractivity contribution in [2.24, 2.45) is 0 Å².